The lowest BCUT2D eigenvalue weighted by Gasteiger charge is -2.35. The first kappa shape index (κ1) is 15.1. The predicted octanol–water partition coefficient (Wildman–Crippen LogP) is 3.55. The highest BCUT2D eigenvalue weighted by molar-refractivity contribution is 9.10. The van der Waals surface area contributed by atoms with Gasteiger partial charge in [-0.15, -0.1) is 0 Å². The van der Waals surface area contributed by atoms with Gasteiger partial charge in [-0.2, -0.15) is 0 Å². The lowest BCUT2D eigenvalue weighted by Crippen LogP contribution is -2.45. The molecular formula is C14H20BrClN2O. The summed E-state index contributed by atoms with van der Waals surface area (Å²) in [7, 11) is 0. The van der Waals surface area contributed by atoms with Crippen LogP contribution in [0.15, 0.2) is 16.6 Å². The maximum absolute atomic E-state index is 10.3. The molecule has 2 rings (SSSR count). The number of hydrogen-bond acceptors (Lipinski definition) is 3. The van der Waals surface area contributed by atoms with E-state index in [9.17, 15) is 5.11 Å². The highest BCUT2D eigenvalue weighted by atomic mass is 79.9. The van der Waals surface area contributed by atoms with E-state index in [4.69, 9.17) is 11.6 Å². The zero-order valence-electron chi connectivity index (χ0n) is 11.1. The maximum atomic E-state index is 10.3. The van der Waals surface area contributed by atoms with Crippen LogP contribution >= 0.6 is 27.5 Å². The highest BCUT2D eigenvalue weighted by Crippen LogP contribution is 2.40. The van der Waals surface area contributed by atoms with E-state index in [2.05, 4.69) is 33.1 Å². The van der Waals surface area contributed by atoms with Crippen molar-refractivity contribution in [3.8, 4) is 5.75 Å². The zero-order chi connectivity index (χ0) is 13.8. The quantitative estimate of drug-likeness (QED) is 0.874. The largest absolute Gasteiger partial charge is 0.506 e. The van der Waals surface area contributed by atoms with Crippen molar-refractivity contribution in [2.75, 3.05) is 26.2 Å². The van der Waals surface area contributed by atoms with Crippen LogP contribution in [0.25, 0.3) is 0 Å². The summed E-state index contributed by atoms with van der Waals surface area (Å²) in [6, 6.07) is 4.07. The van der Waals surface area contributed by atoms with Gasteiger partial charge in [-0.05, 0) is 28.4 Å². The molecule has 2 N–H and O–H groups in total. The smallest absolute Gasteiger partial charge is 0.136 e. The summed E-state index contributed by atoms with van der Waals surface area (Å²) in [5.41, 5.74) is 0.972. The van der Waals surface area contributed by atoms with Gasteiger partial charge in [0.15, 0.2) is 0 Å². The molecule has 0 unspecified atom stereocenters. The molecule has 1 aromatic rings. The van der Waals surface area contributed by atoms with Crippen molar-refractivity contribution in [2.24, 2.45) is 0 Å². The molecule has 0 aliphatic carbocycles. The minimum absolute atomic E-state index is 0.265. The molecule has 1 saturated heterocycles. The summed E-state index contributed by atoms with van der Waals surface area (Å²) in [5, 5.41) is 14.2. The Morgan fingerprint density at radius 1 is 1.42 bits per heavy atom. The number of aromatic hydroxyl groups is 1. The maximum Gasteiger partial charge on any atom is 0.136 e. The molecule has 0 amide bonds. The van der Waals surface area contributed by atoms with Crippen LogP contribution in [0.2, 0.25) is 5.02 Å². The Kier molecular flexibility index (Phi) is 5.51. The van der Waals surface area contributed by atoms with E-state index in [1.165, 1.54) is 0 Å². The number of nitrogens with one attached hydrogen (secondary N) is 1. The molecule has 0 bridgehead atoms. The van der Waals surface area contributed by atoms with Crippen molar-refractivity contribution in [3.63, 3.8) is 0 Å². The Balaban J connectivity index is 2.30. The van der Waals surface area contributed by atoms with Crippen LogP contribution in [0.1, 0.15) is 31.4 Å². The Hall–Kier alpha value is -0.290. The van der Waals surface area contributed by atoms with Gasteiger partial charge in [-0.1, -0.05) is 31.0 Å². The number of benzene rings is 1. The van der Waals surface area contributed by atoms with Crippen LogP contribution in [0, 0.1) is 0 Å². The average molecular weight is 348 g/mol. The molecular weight excluding hydrogens is 328 g/mol. The lowest BCUT2D eigenvalue weighted by molar-refractivity contribution is 0.162. The Bertz CT molecular complexity index is 436. The first-order valence-electron chi connectivity index (χ1n) is 6.76. The molecule has 1 aliphatic rings. The van der Waals surface area contributed by atoms with Crippen molar-refractivity contribution < 1.29 is 5.11 Å². The van der Waals surface area contributed by atoms with Gasteiger partial charge in [0.1, 0.15) is 5.75 Å². The van der Waals surface area contributed by atoms with Gasteiger partial charge in [0.05, 0.1) is 9.50 Å². The second-order valence-corrected chi connectivity index (χ2v) is 6.09. The van der Waals surface area contributed by atoms with Crippen molar-refractivity contribution in [2.45, 2.75) is 25.8 Å². The number of nitrogens with zero attached hydrogens (tertiary/aromatic N) is 1. The van der Waals surface area contributed by atoms with Gasteiger partial charge >= 0.3 is 0 Å². The fraction of sp³-hybridized carbons (Fsp3) is 0.571. The van der Waals surface area contributed by atoms with E-state index in [0.717, 1.165) is 44.6 Å². The van der Waals surface area contributed by atoms with Gasteiger partial charge in [0, 0.05) is 37.8 Å². The molecule has 1 heterocycles. The van der Waals surface area contributed by atoms with Crippen molar-refractivity contribution >= 4 is 27.5 Å². The fourth-order valence-corrected chi connectivity index (χ4v) is 3.14. The summed E-state index contributed by atoms with van der Waals surface area (Å²) in [5.74, 6) is 0.282. The second-order valence-electron chi connectivity index (χ2n) is 4.89. The van der Waals surface area contributed by atoms with Gasteiger partial charge < -0.3 is 10.4 Å². The third-order valence-electron chi connectivity index (χ3n) is 3.61. The summed E-state index contributed by atoms with van der Waals surface area (Å²) in [4.78, 5) is 2.44. The van der Waals surface area contributed by atoms with Gasteiger partial charge in [-0.25, -0.2) is 0 Å². The summed E-state index contributed by atoms with van der Waals surface area (Å²) >= 11 is 9.38. The van der Waals surface area contributed by atoms with Crippen LogP contribution in [-0.4, -0.2) is 36.2 Å². The number of rotatable bonds is 4. The summed E-state index contributed by atoms with van der Waals surface area (Å²) in [6.45, 7) is 6.23. The van der Waals surface area contributed by atoms with E-state index in [1.807, 2.05) is 12.1 Å². The number of hydrogen-bond donors (Lipinski definition) is 2. The Morgan fingerprint density at radius 3 is 2.74 bits per heavy atom. The minimum atomic E-state index is 0.265. The van der Waals surface area contributed by atoms with E-state index >= 15 is 0 Å². The molecule has 19 heavy (non-hydrogen) atoms. The number of halogens is 2. The van der Waals surface area contributed by atoms with Crippen molar-refractivity contribution in [1.82, 2.24) is 10.2 Å². The average Bonchev–Trinajstić information content (AvgIpc) is 2.44. The molecule has 106 valence electrons. The van der Waals surface area contributed by atoms with Crippen LogP contribution in [-0.2, 0) is 0 Å². The monoisotopic (exact) mass is 346 g/mol. The van der Waals surface area contributed by atoms with Crippen LogP contribution in [0.5, 0.6) is 5.75 Å². The number of phenolic OH excluding ortho intramolecular Hbond substituents is 1. The van der Waals surface area contributed by atoms with Crippen LogP contribution < -0.4 is 5.32 Å². The van der Waals surface area contributed by atoms with E-state index in [0.29, 0.717) is 9.50 Å². The molecule has 0 radical (unpaired) electrons. The highest BCUT2D eigenvalue weighted by Gasteiger charge is 2.25. The number of phenols is 1. The SMILES string of the molecule is CCC[C@H](c1ccc(Cl)c(Br)c1O)N1CCNCC1. The molecule has 3 nitrogen and oxygen atoms in total. The first-order chi connectivity index (χ1) is 9.15. The Labute approximate surface area is 128 Å². The van der Waals surface area contributed by atoms with E-state index < -0.39 is 0 Å². The molecule has 1 aromatic carbocycles. The third kappa shape index (κ3) is 3.43. The van der Waals surface area contributed by atoms with Crippen LogP contribution in [0.3, 0.4) is 0 Å². The molecule has 0 spiro atoms. The van der Waals surface area contributed by atoms with Gasteiger partial charge in [0.2, 0.25) is 0 Å². The second kappa shape index (κ2) is 6.93. The molecule has 5 heteroatoms. The van der Waals surface area contributed by atoms with Crippen molar-refractivity contribution in [1.29, 1.82) is 0 Å². The summed E-state index contributed by atoms with van der Waals surface area (Å²) < 4.78 is 0.600. The third-order valence-corrected chi connectivity index (χ3v) is 4.96. The molecule has 1 fully saturated rings. The fourth-order valence-electron chi connectivity index (χ4n) is 2.63. The van der Waals surface area contributed by atoms with E-state index in [1.54, 1.807) is 0 Å². The topological polar surface area (TPSA) is 35.5 Å². The molecule has 0 saturated carbocycles. The minimum Gasteiger partial charge on any atom is -0.506 e. The van der Waals surface area contributed by atoms with E-state index in [-0.39, 0.29) is 11.8 Å². The zero-order valence-corrected chi connectivity index (χ0v) is 13.5. The predicted molar refractivity (Wildman–Crippen MR) is 82.9 cm³/mol. The standard InChI is InChI=1S/C14H20BrClN2O/c1-2-3-12(18-8-6-17-7-9-18)10-4-5-11(16)13(15)14(10)19/h4-5,12,17,19H,2-3,6-9H2,1H3/t12-/m1/s1. The number of piperazine rings is 1. The molecule has 1 aliphatic heterocycles. The van der Waals surface area contributed by atoms with Crippen molar-refractivity contribution in [3.05, 3.63) is 27.2 Å². The van der Waals surface area contributed by atoms with Gasteiger partial charge in [0.25, 0.3) is 0 Å². The lowest BCUT2D eigenvalue weighted by atomic mass is 9.99. The molecule has 1 atom stereocenters. The molecule has 0 aromatic heterocycles. The Morgan fingerprint density at radius 2 is 2.11 bits per heavy atom. The van der Waals surface area contributed by atoms with Gasteiger partial charge in [-0.3, -0.25) is 4.90 Å². The first-order valence-corrected chi connectivity index (χ1v) is 7.94. The normalized spacial score (nSPS) is 18.5. The van der Waals surface area contributed by atoms with Crippen LogP contribution in [0.4, 0.5) is 0 Å². The summed E-state index contributed by atoms with van der Waals surface area (Å²) in [6.07, 6.45) is 2.13.